The molecule has 1 aromatic heterocycles. The van der Waals surface area contributed by atoms with Gasteiger partial charge in [-0.2, -0.15) is 13.2 Å². The fourth-order valence-corrected chi connectivity index (χ4v) is 4.55. The first-order valence-electron chi connectivity index (χ1n) is 10.1. The van der Waals surface area contributed by atoms with E-state index in [2.05, 4.69) is 10.3 Å². The fourth-order valence-electron chi connectivity index (χ4n) is 4.55. The minimum Gasteiger partial charge on any atom is -0.323 e. The highest BCUT2D eigenvalue weighted by Gasteiger charge is 2.52. The second kappa shape index (κ2) is 7.47. The summed E-state index contributed by atoms with van der Waals surface area (Å²) < 4.78 is 38.1. The summed E-state index contributed by atoms with van der Waals surface area (Å²) in [7, 11) is 0. The van der Waals surface area contributed by atoms with Crippen LogP contribution in [-0.4, -0.2) is 55.2 Å². The zero-order valence-electron chi connectivity index (χ0n) is 16.1. The van der Waals surface area contributed by atoms with Crippen LogP contribution in [-0.2, 0) is 11.0 Å². The molecule has 29 heavy (non-hydrogen) atoms. The van der Waals surface area contributed by atoms with Crippen molar-refractivity contribution in [3.05, 3.63) is 23.9 Å². The largest absolute Gasteiger partial charge is 0.419 e. The summed E-state index contributed by atoms with van der Waals surface area (Å²) >= 11 is 0. The number of urea groups is 1. The molecule has 7 nitrogen and oxygen atoms in total. The second-order valence-corrected chi connectivity index (χ2v) is 8.16. The second-order valence-electron chi connectivity index (χ2n) is 8.16. The predicted molar refractivity (Wildman–Crippen MR) is 97.0 cm³/mol. The third-order valence-corrected chi connectivity index (χ3v) is 6.27. The molecule has 1 aliphatic carbocycles. The van der Waals surface area contributed by atoms with Crippen molar-refractivity contribution in [2.75, 3.05) is 37.7 Å². The smallest absolute Gasteiger partial charge is 0.323 e. The molecule has 158 valence electrons. The molecule has 3 N–H and O–H groups in total. The van der Waals surface area contributed by atoms with E-state index in [0.29, 0.717) is 51.5 Å². The van der Waals surface area contributed by atoms with Crippen LogP contribution in [0.5, 0.6) is 0 Å². The summed E-state index contributed by atoms with van der Waals surface area (Å²) in [6.07, 6.45) is 1.03. The van der Waals surface area contributed by atoms with Gasteiger partial charge in [0.2, 0.25) is 0 Å². The molecule has 0 radical (unpaired) electrons. The van der Waals surface area contributed by atoms with Gasteiger partial charge in [0.1, 0.15) is 37.9 Å². The highest BCUT2D eigenvalue weighted by Crippen LogP contribution is 2.33. The number of quaternary nitrogens is 1. The molecule has 2 aliphatic heterocycles. The van der Waals surface area contributed by atoms with Gasteiger partial charge in [-0.3, -0.25) is 9.69 Å². The number of hydrogen-bond acceptors (Lipinski definition) is 3. The van der Waals surface area contributed by atoms with Crippen LogP contribution < -0.4 is 20.1 Å². The Hall–Kier alpha value is -2.36. The van der Waals surface area contributed by atoms with E-state index >= 15 is 0 Å². The number of rotatable bonds is 3. The lowest BCUT2D eigenvalue weighted by Crippen LogP contribution is -3.16. The van der Waals surface area contributed by atoms with Gasteiger partial charge in [-0.1, -0.05) is 19.3 Å². The van der Waals surface area contributed by atoms with E-state index in [1.807, 2.05) is 4.90 Å². The quantitative estimate of drug-likeness (QED) is 0.707. The first-order chi connectivity index (χ1) is 13.8. The van der Waals surface area contributed by atoms with Crippen LogP contribution in [0, 0.1) is 0 Å². The number of nitrogens with one attached hydrogen (secondary N) is 3. The van der Waals surface area contributed by atoms with Gasteiger partial charge in [0.15, 0.2) is 6.67 Å². The van der Waals surface area contributed by atoms with E-state index in [4.69, 9.17) is 0 Å². The van der Waals surface area contributed by atoms with Gasteiger partial charge in [-0.15, -0.1) is 0 Å². The summed E-state index contributed by atoms with van der Waals surface area (Å²) in [6, 6.07) is 2.21. The molecule has 0 atom stereocenters. The van der Waals surface area contributed by atoms with Gasteiger partial charge in [0, 0.05) is 6.07 Å². The van der Waals surface area contributed by atoms with Crippen molar-refractivity contribution in [2.45, 2.75) is 43.8 Å². The molecule has 1 saturated carbocycles. The summed E-state index contributed by atoms with van der Waals surface area (Å²) in [5.74, 6) is 0.529. The number of halogens is 3. The van der Waals surface area contributed by atoms with Gasteiger partial charge < -0.3 is 10.2 Å². The standard InChI is InChI=1S/C19H24F3N5O2/c20-19(21,22)14-4-5-15(23-12-14)26-10-8-25(9-11-26)13-27-16(28)18(24-17(27)29)6-2-1-3-7-18/h4-5,12H,1-3,6-11,13H2,(H,24,29)/p+2. The topological polar surface area (TPSA) is 71.2 Å². The lowest BCUT2D eigenvalue weighted by Gasteiger charge is -2.32. The maximum Gasteiger partial charge on any atom is 0.419 e. The summed E-state index contributed by atoms with van der Waals surface area (Å²) in [5.41, 5.74) is -1.41. The summed E-state index contributed by atoms with van der Waals surface area (Å²) in [5, 5.41) is 2.93. The van der Waals surface area contributed by atoms with Crippen LogP contribution in [0.25, 0.3) is 0 Å². The molecule has 0 bridgehead atoms. The number of nitrogens with zero attached hydrogens (tertiary/aromatic N) is 2. The number of aromatic amines is 1. The van der Waals surface area contributed by atoms with E-state index in [1.165, 1.54) is 11.0 Å². The van der Waals surface area contributed by atoms with Crippen molar-refractivity contribution in [1.29, 1.82) is 0 Å². The van der Waals surface area contributed by atoms with Gasteiger partial charge in [0.25, 0.3) is 11.7 Å². The average Bonchev–Trinajstić information content (AvgIpc) is 2.92. The number of hydrogen-bond donors (Lipinski definition) is 2. The zero-order valence-corrected chi connectivity index (χ0v) is 16.1. The van der Waals surface area contributed by atoms with Crippen molar-refractivity contribution < 1.29 is 32.6 Å². The molecule has 1 aromatic rings. The molecule has 3 aliphatic rings. The number of alkyl halides is 3. The van der Waals surface area contributed by atoms with Gasteiger partial charge in [-0.05, 0) is 18.9 Å². The maximum absolute atomic E-state index is 12.9. The van der Waals surface area contributed by atoms with Gasteiger partial charge >= 0.3 is 12.2 Å². The minimum absolute atomic E-state index is 0.104. The van der Waals surface area contributed by atoms with E-state index in [9.17, 15) is 22.8 Å². The summed E-state index contributed by atoms with van der Waals surface area (Å²) in [4.78, 5) is 32.5. The molecular formula is C19H26F3N5O2+2. The Balaban J connectivity index is 1.33. The van der Waals surface area contributed by atoms with Crippen LogP contribution in [0.1, 0.15) is 37.7 Å². The number of amides is 3. The van der Waals surface area contributed by atoms with Gasteiger partial charge in [-0.25, -0.2) is 14.7 Å². The number of H-pyrrole nitrogens is 1. The Morgan fingerprint density at radius 1 is 1.10 bits per heavy atom. The first-order valence-corrected chi connectivity index (χ1v) is 10.1. The molecule has 0 aromatic carbocycles. The molecule has 0 unspecified atom stereocenters. The lowest BCUT2D eigenvalue weighted by molar-refractivity contribution is -0.908. The number of imide groups is 1. The van der Waals surface area contributed by atoms with Crippen LogP contribution in [0.4, 0.5) is 23.8 Å². The van der Waals surface area contributed by atoms with Crippen molar-refractivity contribution in [3.63, 3.8) is 0 Å². The number of anilines is 1. The van der Waals surface area contributed by atoms with Crippen LogP contribution >= 0.6 is 0 Å². The molecule has 3 fully saturated rings. The first kappa shape index (κ1) is 19.9. The zero-order chi connectivity index (χ0) is 20.6. The normalized spacial score (nSPS) is 23.0. The third-order valence-electron chi connectivity index (χ3n) is 6.27. The number of pyridine rings is 1. The fraction of sp³-hybridized carbons (Fsp3) is 0.632. The number of carbonyl (C=O) groups is 2. The Bertz CT molecular complexity index is 769. The monoisotopic (exact) mass is 413 g/mol. The summed E-state index contributed by atoms with van der Waals surface area (Å²) in [6.45, 7) is 2.98. The highest BCUT2D eigenvalue weighted by atomic mass is 19.4. The van der Waals surface area contributed by atoms with Crippen LogP contribution in [0.2, 0.25) is 0 Å². The van der Waals surface area contributed by atoms with Crippen molar-refractivity contribution >= 4 is 17.8 Å². The van der Waals surface area contributed by atoms with E-state index in [1.54, 1.807) is 0 Å². The molecule has 4 rings (SSSR count). The molecule has 3 amide bonds. The minimum atomic E-state index is -4.36. The number of aromatic nitrogens is 1. The molecule has 1 spiro atoms. The van der Waals surface area contributed by atoms with Crippen molar-refractivity contribution in [1.82, 2.24) is 10.2 Å². The molecular weight excluding hydrogens is 387 g/mol. The maximum atomic E-state index is 12.9. The highest BCUT2D eigenvalue weighted by molar-refractivity contribution is 6.06. The van der Waals surface area contributed by atoms with Crippen LogP contribution in [0.15, 0.2) is 18.3 Å². The molecule has 3 heterocycles. The number of carbonyl (C=O) groups excluding carboxylic acids is 2. The Morgan fingerprint density at radius 2 is 1.79 bits per heavy atom. The Morgan fingerprint density at radius 3 is 2.38 bits per heavy atom. The SMILES string of the molecule is O=C1NC2(CCCCC2)C(=O)N1C[NH+]1CCN(c2ccc(C(F)(F)F)c[nH+]2)CC1. The lowest BCUT2D eigenvalue weighted by atomic mass is 9.82. The average molecular weight is 413 g/mol. The Kier molecular flexibility index (Phi) is 5.14. The van der Waals surface area contributed by atoms with Crippen molar-refractivity contribution in [2.24, 2.45) is 0 Å². The number of piperazine rings is 1. The van der Waals surface area contributed by atoms with Crippen LogP contribution in [0.3, 0.4) is 0 Å². The van der Waals surface area contributed by atoms with E-state index < -0.39 is 17.3 Å². The third kappa shape index (κ3) is 3.90. The molecule has 10 heteroatoms. The van der Waals surface area contributed by atoms with E-state index in [-0.39, 0.29) is 11.9 Å². The van der Waals surface area contributed by atoms with Crippen molar-refractivity contribution in [3.8, 4) is 0 Å². The van der Waals surface area contributed by atoms with E-state index in [0.717, 1.165) is 36.4 Å². The Labute approximate surface area is 166 Å². The predicted octanol–water partition coefficient (Wildman–Crippen LogP) is 0.437. The molecule has 2 saturated heterocycles. The van der Waals surface area contributed by atoms with Gasteiger partial charge in [0.05, 0.1) is 5.56 Å².